The van der Waals surface area contributed by atoms with Gasteiger partial charge in [-0.3, -0.25) is 19.7 Å². The van der Waals surface area contributed by atoms with Crippen molar-refractivity contribution in [3.63, 3.8) is 0 Å². The lowest BCUT2D eigenvalue weighted by Crippen LogP contribution is -2.41. The predicted molar refractivity (Wildman–Crippen MR) is 75.6 cm³/mol. The first-order valence-electron chi connectivity index (χ1n) is 6.97. The number of hydrogen-bond donors (Lipinski definition) is 3. The molecule has 8 heteroatoms. The predicted octanol–water partition coefficient (Wildman–Crippen LogP) is 0.326. The maximum atomic E-state index is 11.6. The van der Waals surface area contributed by atoms with Crippen molar-refractivity contribution in [1.29, 1.82) is 0 Å². The Morgan fingerprint density at radius 1 is 1.00 bits per heavy atom. The van der Waals surface area contributed by atoms with Gasteiger partial charge in [0.15, 0.2) is 0 Å². The molecule has 21 heavy (non-hydrogen) atoms. The van der Waals surface area contributed by atoms with E-state index in [1.165, 1.54) is 0 Å². The van der Waals surface area contributed by atoms with Crippen LogP contribution >= 0.6 is 0 Å². The van der Waals surface area contributed by atoms with Crippen molar-refractivity contribution in [2.45, 2.75) is 39.5 Å². The molecule has 3 N–H and O–H groups in total. The third kappa shape index (κ3) is 9.42. The molecular weight excluding hydrogens is 278 g/mol. The molecule has 0 fully saturated rings. The smallest absolute Gasteiger partial charge is 0.321 e. The summed E-state index contributed by atoms with van der Waals surface area (Å²) in [7, 11) is 0. The molecule has 0 saturated carbocycles. The number of hydrogen-bond acceptors (Lipinski definition) is 4. The monoisotopic (exact) mass is 301 g/mol. The highest BCUT2D eigenvalue weighted by molar-refractivity contribution is 5.94. The van der Waals surface area contributed by atoms with Gasteiger partial charge in [0.05, 0.1) is 0 Å². The molecule has 0 aromatic carbocycles. The highest BCUT2D eigenvalue weighted by Gasteiger charge is 2.11. The molecule has 120 valence electrons. The van der Waals surface area contributed by atoms with Crippen LogP contribution < -0.4 is 10.6 Å². The van der Waals surface area contributed by atoms with Gasteiger partial charge in [0.1, 0.15) is 0 Å². The average Bonchev–Trinajstić information content (AvgIpc) is 2.39. The molecule has 4 amide bonds. The highest BCUT2D eigenvalue weighted by atomic mass is 16.4. The summed E-state index contributed by atoms with van der Waals surface area (Å²) in [6, 6.07) is -0.678. The molecule has 0 aliphatic rings. The van der Waals surface area contributed by atoms with Crippen molar-refractivity contribution in [3.8, 4) is 0 Å². The summed E-state index contributed by atoms with van der Waals surface area (Å²) in [5.41, 5.74) is 0. The zero-order valence-corrected chi connectivity index (χ0v) is 12.5. The van der Waals surface area contributed by atoms with E-state index in [0.717, 1.165) is 0 Å². The van der Waals surface area contributed by atoms with Crippen LogP contribution in [0.1, 0.15) is 39.5 Å². The number of nitrogens with zero attached hydrogens (tertiary/aromatic N) is 1. The highest BCUT2D eigenvalue weighted by Crippen LogP contribution is 1.95. The lowest BCUT2D eigenvalue weighted by molar-refractivity contribution is -0.137. The van der Waals surface area contributed by atoms with Gasteiger partial charge in [-0.05, 0) is 20.3 Å². The van der Waals surface area contributed by atoms with Gasteiger partial charge in [0, 0.05) is 38.9 Å². The van der Waals surface area contributed by atoms with E-state index in [1.54, 1.807) is 4.90 Å². The van der Waals surface area contributed by atoms with E-state index in [1.807, 2.05) is 13.8 Å². The van der Waals surface area contributed by atoms with Crippen LogP contribution in [-0.2, 0) is 14.4 Å². The normalized spacial score (nSPS) is 9.81. The summed E-state index contributed by atoms with van der Waals surface area (Å²) < 4.78 is 0. The molecule has 0 heterocycles. The SMILES string of the molecule is CCN(CC)C(=O)CCNC(=O)NC(=O)CCCC(=O)O. The number of imide groups is 1. The van der Waals surface area contributed by atoms with E-state index in [-0.39, 0.29) is 38.1 Å². The van der Waals surface area contributed by atoms with Gasteiger partial charge in [0.2, 0.25) is 11.8 Å². The van der Waals surface area contributed by atoms with E-state index in [4.69, 9.17) is 5.11 Å². The minimum absolute atomic E-state index is 0.0297. The zero-order chi connectivity index (χ0) is 16.3. The van der Waals surface area contributed by atoms with Crippen molar-refractivity contribution in [2.24, 2.45) is 0 Å². The van der Waals surface area contributed by atoms with Gasteiger partial charge in [-0.15, -0.1) is 0 Å². The van der Waals surface area contributed by atoms with E-state index in [0.29, 0.717) is 13.1 Å². The first-order valence-corrected chi connectivity index (χ1v) is 6.97. The molecule has 0 radical (unpaired) electrons. The molecule has 0 aliphatic carbocycles. The number of carboxylic acid groups (broad SMARTS) is 1. The van der Waals surface area contributed by atoms with Crippen molar-refractivity contribution >= 4 is 23.8 Å². The summed E-state index contributed by atoms with van der Waals surface area (Å²) in [4.78, 5) is 46.2. The number of carbonyl (C=O) groups is 4. The van der Waals surface area contributed by atoms with Crippen molar-refractivity contribution < 1.29 is 24.3 Å². The van der Waals surface area contributed by atoms with Crippen molar-refractivity contribution in [2.75, 3.05) is 19.6 Å². The molecule has 0 saturated heterocycles. The molecular formula is C13H23N3O5. The zero-order valence-electron chi connectivity index (χ0n) is 12.5. The van der Waals surface area contributed by atoms with Crippen LogP contribution in [0.3, 0.4) is 0 Å². The molecule has 0 aliphatic heterocycles. The van der Waals surface area contributed by atoms with Crippen LogP contribution in [0.15, 0.2) is 0 Å². The maximum absolute atomic E-state index is 11.6. The third-order valence-corrected chi connectivity index (χ3v) is 2.79. The number of rotatable bonds is 9. The van der Waals surface area contributed by atoms with Gasteiger partial charge in [-0.25, -0.2) is 4.79 Å². The van der Waals surface area contributed by atoms with Crippen molar-refractivity contribution in [1.82, 2.24) is 15.5 Å². The Balaban J connectivity index is 3.82. The van der Waals surface area contributed by atoms with E-state index in [9.17, 15) is 19.2 Å². The number of carboxylic acids is 1. The Morgan fingerprint density at radius 3 is 2.14 bits per heavy atom. The minimum atomic E-state index is -0.984. The number of urea groups is 1. The van der Waals surface area contributed by atoms with Gasteiger partial charge >= 0.3 is 12.0 Å². The van der Waals surface area contributed by atoms with Crippen LogP contribution in [0.5, 0.6) is 0 Å². The fraction of sp³-hybridized carbons (Fsp3) is 0.692. The number of aliphatic carboxylic acids is 1. The molecule has 0 rings (SSSR count). The summed E-state index contributed by atoms with van der Waals surface area (Å²) in [5.74, 6) is -1.58. The van der Waals surface area contributed by atoms with E-state index >= 15 is 0 Å². The lowest BCUT2D eigenvalue weighted by Gasteiger charge is -2.18. The Kier molecular flexibility index (Phi) is 9.57. The number of carbonyl (C=O) groups excluding carboxylic acids is 3. The number of amides is 4. The molecule has 0 aromatic rings. The molecule has 0 aromatic heterocycles. The van der Waals surface area contributed by atoms with Crippen LogP contribution in [0.25, 0.3) is 0 Å². The maximum Gasteiger partial charge on any atom is 0.321 e. The van der Waals surface area contributed by atoms with Gasteiger partial charge in [-0.2, -0.15) is 0 Å². The first kappa shape index (κ1) is 18.9. The van der Waals surface area contributed by atoms with Gasteiger partial charge < -0.3 is 15.3 Å². The van der Waals surface area contributed by atoms with Gasteiger partial charge in [-0.1, -0.05) is 0 Å². The number of nitrogens with one attached hydrogen (secondary N) is 2. The van der Waals surface area contributed by atoms with Gasteiger partial charge in [0.25, 0.3) is 0 Å². The second-order valence-corrected chi connectivity index (χ2v) is 4.37. The Morgan fingerprint density at radius 2 is 1.62 bits per heavy atom. The summed E-state index contributed by atoms with van der Waals surface area (Å²) in [6.07, 6.45) is 0.197. The molecule has 0 atom stereocenters. The molecule has 0 bridgehead atoms. The first-order chi connectivity index (χ1) is 9.90. The summed E-state index contributed by atoms with van der Waals surface area (Å²) in [5, 5.41) is 12.9. The third-order valence-electron chi connectivity index (χ3n) is 2.79. The Labute approximate surface area is 123 Å². The Hall–Kier alpha value is -2.12. The van der Waals surface area contributed by atoms with Crippen molar-refractivity contribution in [3.05, 3.63) is 0 Å². The lowest BCUT2D eigenvalue weighted by atomic mass is 10.2. The van der Waals surface area contributed by atoms with Crippen LogP contribution in [0.2, 0.25) is 0 Å². The second-order valence-electron chi connectivity index (χ2n) is 4.37. The average molecular weight is 301 g/mol. The molecule has 0 unspecified atom stereocenters. The van der Waals surface area contributed by atoms with Crippen LogP contribution in [0, 0.1) is 0 Å². The fourth-order valence-electron chi connectivity index (χ4n) is 1.65. The molecule has 8 nitrogen and oxygen atoms in total. The Bertz CT molecular complexity index is 380. The largest absolute Gasteiger partial charge is 0.481 e. The van der Waals surface area contributed by atoms with E-state index < -0.39 is 17.9 Å². The summed E-state index contributed by atoms with van der Waals surface area (Å²) in [6.45, 7) is 5.12. The standard InChI is InChI=1S/C13H23N3O5/c1-3-16(4-2)11(18)8-9-14-13(21)15-10(17)6-5-7-12(19)20/h3-9H2,1-2H3,(H,19,20)(H2,14,15,17,21). The van der Waals surface area contributed by atoms with Crippen LogP contribution in [-0.4, -0.2) is 53.5 Å². The second kappa shape index (κ2) is 10.6. The summed E-state index contributed by atoms with van der Waals surface area (Å²) >= 11 is 0. The molecule has 0 spiro atoms. The minimum Gasteiger partial charge on any atom is -0.481 e. The van der Waals surface area contributed by atoms with E-state index in [2.05, 4.69) is 10.6 Å². The fourth-order valence-corrected chi connectivity index (χ4v) is 1.65. The quantitative estimate of drug-likeness (QED) is 0.567. The van der Waals surface area contributed by atoms with Crippen LogP contribution in [0.4, 0.5) is 4.79 Å². The topological polar surface area (TPSA) is 116 Å².